The molecule has 2 rings (SSSR count). The molecule has 1 aromatic rings. The van der Waals surface area contributed by atoms with Gasteiger partial charge in [-0.05, 0) is 37.5 Å². The molecular weight excluding hydrogens is 228 g/mol. The topological polar surface area (TPSA) is 41.6 Å². The van der Waals surface area contributed by atoms with Crippen LogP contribution in [0.5, 0.6) is 5.75 Å². The molecule has 1 saturated heterocycles. The standard InChI is InChI=1S/C14H20N2O2/c1-10-4-5-11(2)13(12(10)3)18-14(17)16-8-6-15-7-9-16/h4-5,15H,6-9H2,1-3H3. The van der Waals surface area contributed by atoms with E-state index >= 15 is 0 Å². The van der Waals surface area contributed by atoms with Crippen molar-refractivity contribution in [2.75, 3.05) is 26.2 Å². The number of hydrogen-bond donors (Lipinski definition) is 1. The molecule has 1 amide bonds. The van der Waals surface area contributed by atoms with Crippen LogP contribution in [0.15, 0.2) is 12.1 Å². The van der Waals surface area contributed by atoms with Crippen molar-refractivity contribution in [3.8, 4) is 5.75 Å². The second-order valence-electron chi connectivity index (χ2n) is 4.76. The van der Waals surface area contributed by atoms with Crippen LogP contribution >= 0.6 is 0 Å². The molecule has 98 valence electrons. The van der Waals surface area contributed by atoms with Gasteiger partial charge in [0.05, 0.1) is 0 Å². The molecule has 1 fully saturated rings. The summed E-state index contributed by atoms with van der Waals surface area (Å²) < 4.78 is 5.56. The third-order valence-electron chi connectivity index (χ3n) is 3.44. The number of nitrogens with one attached hydrogen (secondary N) is 1. The molecule has 1 aliphatic rings. The number of benzene rings is 1. The van der Waals surface area contributed by atoms with Crippen molar-refractivity contribution >= 4 is 6.09 Å². The number of aryl methyl sites for hydroxylation is 2. The average molecular weight is 248 g/mol. The molecule has 0 atom stereocenters. The fourth-order valence-corrected chi connectivity index (χ4v) is 2.08. The summed E-state index contributed by atoms with van der Waals surface area (Å²) in [6.07, 6.45) is -0.242. The summed E-state index contributed by atoms with van der Waals surface area (Å²) in [5.74, 6) is 0.707. The first kappa shape index (κ1) is 12.9. The number of rotatable bonds is 1. The molecule has 18 heavy (non-hydrogen) atoms. The second-order valence-corrected chi connectivity index (χ2v) is 4.76. The lowest BCUT2D eigenvalue weighted by atomic mass is 10.1. The molecular formula is C14H20N2O2. The van der Waals surface area contributed by atoms with Gasteiger partial charge < -0.3 is 15.0 Å². The Labute approximate surface area is 108 Å². The van der Waals surface area contributed by atoms with Crippen molar-refractivity contribution in [1.82, 2.24) is 10.2 Å². The van der Waals surface area contributed by atoms with E-state index in [9.17, 15) is 4.79 Å². The molecule has 0 radical (unpaired) electrons. The van der Waals surface area contributed by atoms with Crippen molar-refractivity contribution in [3.63, 3.8) is 0 Å². The molecule has 4 nitrogen and oxygen atoms in total. The van der Waals surface area contributed by atoms with Gasteiger partial charge in [-0.15, -0.1) is 0 Å². The van der Waals surface area contributed by atoms with Crippen LogP contribution in [-0.4, -0.2) is 37.2 Å². The van der Waals surface area contributed by atoms with Crippen LogP contribution in [0.1, 0.15) is 16.7 Å². The first-order valence-electron chi connectivity index (χ1n) is 6.34. The Balaban J connectivity index is 2.13. The van der Waals surface area contributed by atoms with Crippen LogP contribution in [0.25, 0.3) is 0 Å². The normalized spacial score (nSPS) is 15.6. The van der Waals surface area contributed by atoms with Crippen molar-refractivity contribution in [1.29, 1.82) is 0 Å². The lowest BCUT2D eigenvalue weighted by Gasteiger charge is -2.27. The monoisotopic (exact) mass is 248 g/mol. The summed E-state index contributed by atoms with van der Waals surface area (Å²) in [5.41, 5.74) is 3.18. The molecule has 0 unspecified atom stereocenters. The lowest BCUT2D eigenvalue weighted by Crippen LogP contribution is -2.47. The second kappa shape index (κ2) is 5.40. The summed E-state index contributed by atoms with van der Waals surface area (Å²) >= 11 is 0. The smallest absolute Gasteiger partial charge is 0.410 e. The van der Waals surface area contributed by atoms with Crippen LogP contribution in [0, 0.1) is 20.8 Å². The molecule has 0 aliphatic carbocycles. The maximum Gasteiger partial charge on any atom is 0.415 e. The van der Waals surface area contributed by atoms with Gasteiger partial charge in [0.15, 0.2) is 0 Å². The Bertz CT molecular complexity index is 451. The number of hydrogen-bond acceptors (Lipinski definition) is 3. The molecule has 0 aromatic heterocycles. The van der Waals surface area contributed by atoms with Crippen LogP contribution in [0.4, 0.5) is 4.79 Å². The first-order valence-corrected chi connectivity index (χ1v) is 6.34. The van der Waals surface area contributed by atoms with Crippen molar-refractivity contribution in [2.45, 2.75) is 20.8 Å². The molecule has 0 bridgehead atoms. The zero-order chi connectivity index (χ0) is 13.1. The predicted molar refractivity (Wildman–Crippen MR) is 71.1 cm³/mol. The Morgan fingerprint density at radius 1 is 1.17 bits per heavy atom. The highest BCUT2D eigenvalue weighted by Crippen LogP contribution is 2.26. The third kappa shape index (κ3) is 2.64. The highest BCUT2D eigenvalue weighted by atomic mass is 16.6. The van der Waals surface area contributed by atoms with Gasteiger partial charge in [-0.2, -0.15) is 0 Å². The van der Waals surface area contributed by atoms with Gasteiger partial charge in [0.2, 0.25) is 0 Å². The van der Waals surface area contributed by atoms with E-state index in [0.29, 0.717) is 18.8 Å². The first-order chi connectivity index (χ1) is 8.59. The average Bonchev–Trinajstić information content (AvgIpc) is 2.40. The van der Waals surface area contributed by atoms with E-state index in [4.69, 9.17) is 4.74 Å². The Morgan fingerprint density at radius 2 is 1.78 bits per heavy atom. The van der Waals surface area contributed by atoms with E-state index in [-0.39, 0.29) is 6.09 Å². The Morgan fingerprint density at radius 3 is 2.44 bits per heavy atom. The fourth-order valence-electron chi connectivity index (χ4n) is 2.08. The van der Waals surface area contributed by atoms with Gasteiger partial charge >= 0.3 is 6.09 Å². The van der Waals surface area contributed by atoms with Crippen LogP contribution in [0.2, 0.25) is 0 Å². The summed E-state index contributed by atoms with van der Waals surface area (Å²) in [6, 6.07) is 4.04. The fraction of sp³-hybridized carbons (Fsp3) is 0.500. The molecule has 1 aliphatic heterocycles. The largest absolute Gasteiger partial charge is 0.415 e. The van der Waals surface area contributed by atoms with Crippen molar-refractivity contribution in [2.24, 2.45) is 0 Å². The number of carbonyl (C=O) groups excluding carboxylic acids is 1. The minimum atomic E-state index is -0.242. The number of ether oxygens (including phenoxy) is 1. The molecule has 4 heteroatoms. The van der Waals surface area contributed by atoms with Crippen molar-refractivity contribution < 1.29 is 9.53 Å². The van der Waals surface area contributed by atoms with Crippen molar-refractivity contribution in [3.05, 3.63) is 28.8 Å². The highest BCUT2D eigenvalue weighted by molar-refractivity contribution is 5.72. The summed E-state index contributed by atoms with van der Waals surface area (Å²) in [5, 5.41) is 3.22. The summed E-state index contributed by atoms with van der Waals surface area (Å²) in [7, 11) is 0. The number of nitrogens with zero attached hydrogens (tertiary/aromatic N) is 1. The van der Waals surface area contributed by atoms with Crippen LogP contribution < -0.4 is 10.1 Å². The maximum atomic E-state index is 12.1. The molecule has 1 aromatic carbocycles. The van der Waals surface area contributed by atoms with E-state index in [1.165, 1.54) is 0 Å². The molecule has 1 heterocycles. The molecule has 1 N–H and O–H groups in total. The van der Waals surface area contributed by atoms with Gasteiger partial charge in [-0.1, -0.05) is 12.1 Å². The van der Waals surface area contributed by atoms with Gasteiger partial charge in [0, 0.05) is 26.2 Å². The minimum absolute atomic E-state index is 0.242. The molecule has 0 saturated carbocycles. The van der Waals surface area contributed by atoms with E-state index in [2.05, 4.69) is 5.32 Å². The van der Waals surface area contributed by atoms with Crippen LogP contribution in [0.3, 0.4) is 0 Å². The van der Waals surface area contributed by atoms with E-state index in [1.807, 2.05) is 32.9 Å². The third-order valence-corrected chi connectivity index (χ3v) is 3.44. The quantitative estimate of drug-likeness (QED) is 0.826. The molecule has 0 spiro atoms. The van der Waals surface area contributed by atoms with E-state index in [0.717, 1.165) is 29.8 Å². The Kier molecular flexibility index (Phi) is 3.87. The van der Waals surface area contributed by atoms with Gasteiger partial charge in [-0.25, -0.2) is 4.79 Å². The van der Waals surface area contributed by atoms with Gasteiger partial charge in [0.1, 0.15) is 5.75 Å². The van der Waals surface area contributed by atoms with Crippen LogP contribution in [-0.2, 0) is 0 Å². The summed E-state index contributed by atoms with van der Waals surface area (Å²) in [4.78, 5) is 13.8. The van der Waals surface area contributed by atoms with E-state index in [1.54, 1.807) is 4.90 Å². The maximum absolute atomic E-state index is 12.1. The number of amides is 1. The number of carbonyl (C=O) groups is 1. The Hall–Kier alpha value is -1.55. The SMILES string of the molecule is Cc1ccc(C)c(OC(=O)N2CCNCC2)c1C. The lowest BCUT2D eigenvalue weighted by molar-refractivity contribution is 0.145. The highest BCUT2D eigenvalue weighted by Gasteiger charge is 2.19. The predicted octanol–water partition coefficient (Wildman–Crippen LogP) is 2.02. The van der Waals surface area contributed by atoms with E-state index < -0.39 is 0 Å². The summed E-state index contributed by atoms with van der Waals surface area (Å²) in [6.45, 7) is 9.07. The van der Waals surface area contributed by atoms with Gasteiger partial charge in [-0.3, -0.25) is 0 Å². The zero-order valence-corrected chi connectivity index (χ0v) is 11.2. The minimum Gasteiger partial charge on any atom is -0.410 e. The van der Waals surface area contributed by atoms with Gasteiger partial charge in [0.25, 0.3) is 0 Å². The number of piperazine rings is 1. The zero-order valence-electron chi connectivity index (χ0n) is 11.2.